The molecule has 0 aliphatic carbocycles. The van der Waals surface area contributed by atoms with Crippen LogP contribution in [-0.2, 0) is 9.47 Å². The van der Waals surface area contributed by atoms with Crippen LogP contribution >= 0.6 is 15.9 Å². The van der Waals surface area contributed by atoms with Crippen molar-refractivity contribution in [3.63, 3.8) is 0 Å². The van der Waals surface area contributed by atoms with Gasteiger partial charge in [-0.2, -0.15) is 0 Å². The number of halogens is 1. The zero-order valence-electron chi connectivity index (χ0n) is 11.3. The first-order chi connectivity index (χ1) is 8.71. The van der Waals surface area contributed by atoms with Gasteiger partial charge >= 0.3 is 0 Å². The average molecular weight is 316 g/mol. The Morgan fingerprint density at radius 3 is 2.39 bits per heavy atom. The van der Waals surface area contributed by atoms with Gasteiger partial charge in [0.05, 0.1) is 12.7 Å². The second-order valence-electron chi connectivity index (χ2n) is 4.23. The van der Waals surface area contributed by atoms with Gasteiger partial charge < -0.3 is 14.8 Å². The maximum Gasteiger partial charge on any atom is 0.0928 e. The number of nitrogens with one attached hydrogen (secondary N) is 1. The fourth-order valence-corrected chi connectivity index (χ4v) is 2.13. The number of methoxy groups -OCH3 is 2. The molecule has 0 radical (unpaired) electrons. The van der Waals surface area contributed by atoms with Crippen molar-refractivity contribution in [3.8, 4) is 0 Å². The van der Waals surface area contributed by atoms with E-state index in [4.69, 9.17) is 9.47 Å². The van der Waals surface area contributed by atoms with Crippen molar-refractivity contribution in [2.24, 2.45) is 0 Å². The molecule has 0 fully saturated rings. The van der Waals surface area contributed by atoms with Crippen molar-refractivity contribution in [3.05, 3.63) is 34.3 Å². The van der Waals surface area contributed by atoms with E-state index < -0.39 is 0 Å². The summed E-state index contributed by atoms with van der Waals surface area (Å²) in [6, 6.07) is 8.78. The van der Waals surface area contributed by atoms with Crippen LogP contribution in [0, 0.1) is 0 Å². The molecule has 0 saturated heterocycles. The summed E-state index contributed by atoms with van der Waals surface area (Å²) in [5.41, 5.74) is 1.30. The summed E-state index contributed by atoms with van der Waals surface area (Å²) in [6.07, 6.45) is 1.14. The summed E-state index contributed by atoms with van der Waals surface area (Å²) in [7, 11) is 3.41. The Balaban J connectivity index is 2.53. The molecule has 0 bridgehead atoms. The molecule has 0 aromatic heterocycles. The highest BCUT2D eigenvalue weighted by Gasteiger charge is 2.12. The second-order valence-corrected chi connectivity index (χ2v) is 5.15. The van der Waals surface area contributed by atoms with E-state index in [1.54, 1.807) is 14.2 Å². The van der Waals surface area contributed by atoms with Crippen LogP contribution in [0.3, 0.4) is 0 Å². The number of benzene rings is 1. The molecular weight excluding hydrogens is 294 g/mol. The molecule has 0 aliphatic heterocycles. The third kappa shape index (κ3) is 5.06. The topological polar surface area (TPSA) is 30.5 Å². The van der Waals surface area contributed by atoms with Gasteiger partial charge in [0, 0.05) is 31.3 Å². The molecule has 2 atom stereocenters. The van der Waals surface area contributed by atoms with Crippen LogP contribution in [0.2, 0.25) is 0 Å². The van der Waals surface area contributed by atoms with Crippen molar-refractivity contribution in [2.75, 3.05) is 27.4 Å². The van der Waals surface area contributed by atoms with Gasteiger partial charge in [-0.05, 0) is 24.1 Å². The van der Waals surface area contributed by atoms with E-state index in [1.165, 1.54) is 5.56 Å². The average Bonchev–Trinajstić information content (AvgIpc) is 2.40. The quantitative estimate of drug-likeness (QED) is 0.799. The molecule has 3 nitrogen and oxygen atoms in total. The number of hydrogen-bond acceptors (Lipinski definition) is 3. The molecule has 1 aromatic rings. The van der Waals surface area contributed by atoms with E-state index in [2.05, 4.69) is 52.4 Å². The summed E-state index contributed by atoms with van der Waals surface area (Å²) >= 11 is 3.45. The smallest absolute Gasteiger partial charge is 0.0928 e. The minimum atomic E-state index is 0.0968. The minimum absolute atomic E-state index is 0.0968. The van der Waals surface area contributed by atoms with Crippen LogP contribution in [0.15, 0.2) is 28.7 Å². The van der Waals surface area contributed by atoms with Gasteiger partial charge in [0.15, 0.2) is 0 Å². The zero-order chi connectivity index (χ0) is 13.4. The van der Waals surface area contributed by atoms with Gasteiger partial charge in [-0.3, -0.25) is 0 Å². The first-order valence-corrected chi connectivity index (χ1v) is 7.01. The lowest BCUT2D eigenvalue weighted by atomic mass is 10.0. The Labute approximate surface area is 118 Å². The van der Waals surface area contributed by atoms with Crippen LogP contribution < -0.4 is 5.32 Å². The molecule has 0 saturated carbocycles. The van der Waals surface area contributed by atoms with Crippen molar-refractivity contribution in [1.82, 2.24) is 5.32 Å². The molecule has 0 spiro atoms. The van der Waals surface area contributed by atoms with Gasteiger partial charge in [0.2, 0.25) is 0 Å². The van der Waals surface area contributed by atoms with E-state index in [0.29, 0.717) is 12.6 Å². The summed E-state index contributed by atoms with van der Waals surface area (Å²) in [5.74, 6) is 0. The van der Waals surface area contributed by atoms with Crippen LogP contribution in [0.25, 0.3) is 0 Å². The fourth-order valence-electron chi connectivity index (χ4n) is 1.86. The Hall–Kier alpha value is -0.420. The summed E-state index contributed by atoms with van der Waals surface area (Å²) in [6.45, 7) is 3.58. The van der Waals surface area contributed by atoms with Crippen molar-refractivity contribution >= 4 is 15.9 Å². The minimum Gasteiger partial charge on any atom is -0.382 e. The van der Waals surface area contributed by atoms with Crippen molar-refractivity contribution < 1.29 is 9.47 Å². The first-order valence-electron chi connectivity index (χ1n) is 6.21. The second kappa shape index (κ2) is 8.64. The highest BCUT2D eigenvalue weighted by atomic mass is 79.9. The first kappa shape index (κ1) is 15.6. The predicted octanol–water partition coefficient (Wildman–Crippen LogP) is 3.15. The molecule has 102 valence electrons. The summed E-state index contributed by atoms with van der Waals surface area (Å²) in [4.78, 5) is 0. The van der Waals surface area contributed by atoms with Gasteiger partial charge in [-0.15, -0.1) is 0 Å². The Morgan fingerprint density at radius 2 is 1.89 bits per heavy atom. The van der Waals surface area contributed by atoms with Crippen LogP contribution in [0.5, 0.6) is 0 Å². The third-order valence-electron chi connectivity index (χ3n) is 2.96. The molecule has 1 aromatic carbocycles. The maximum atomic E-state index is 5.35. The standard InChI is InChI=1S/C14H22BrNO2/c1-4-14(11-5-7-12(15)8-6-11)16-9-13(18-3)10-17-2/h5-8,13-14,16H,4,9-10H2,1-3H3. The molecule has 1 rings (SSSR count). The normalized spacial score (nSPS) is 14.4. The molecule has 0 aliphatic rings. The number of rotatable bonds is 8. The van der Waals surface area contributed by atoms with E-state index in [9.17, 15) is 0 Å². The Bertz CT molecular complexity index is 329. The zero-order valence-corrected chi connectivity index (χ0v) is 12.9. The lowest BCUT2D eigenvalue weighted by molar-refractivity contribution is 0.0272. The molecule has 4 heteroatoms. The van der Waals surface area contributed by atoms with Gasteiger partial charge in [0.25, 0.3) is 0 Å². The van der Waals surface area contributed by atoms with E-state index in [-0.39, 0.29) is 6.10 Å². The highest BCUT2D eigenvalue weighted by Crippen LogP contribution is 2.19. The van der Waals surface area contributed by atoms with E-state index in [0.717, 1.165) is 17.4 Å². The van der Waals surface area contributed by atoms with E-state index >= 15 is 0 Å². The predicted molar refractivity (Wildman–Crippen MR) is 77.8 cm³/mol. The molecule has 18 heavy (non-hydrogen) atoms. The lowest BCUT2D eigenvalue weighted by Gasteiger charge is -2.21. The molecule has 2 unspecified atom stereocenters. The van der Waals surface area contributed by atoms with Crippen LogP contribution in [0.4, 0.5) is 0 Å². The summed E-state index contributed by atoms with van der Waals surface area (Å²) < 4.78 is 11.6. The van der Waals surface area contributed by atoms with Gasteiger partial charge in [-0.25, -0.2) is 0 Å². The fraction of sp³-hybridized carbons (Fsp3) is 0.571. The number of hydrogen-bond donors (Lipinski definition) is 1. The molecule has 0 heterocycles. The molecule has 0 amide bonds. The maximum absolute atomic E-state index is 5.35. The summed E-state index contributed by atoms with van der Waals surface area (Å²) in [5, 5.41) is 3.52. The monoisotopic (exact) mass is 315 g/mol. The van der Waals surface area contributed by atoms with Crippen molar-refractivity contribution in [1.29, 1.82) is 0 Å². The Morgan fingerprint density at radius 1 is 1.22 bits per heavy atom. The van der Waals surface area contributed by atoms with Gasteiger partial charge in [0.1, 0.15) is 0 Å². The van der Waals surface area contributed by atoms with Crippen LogP contribution in [-0.4, -0.2) is 33.5 Å². The SMILES string of the molecule is CCC(NCC(COC)OC)c1ccc(Br)cc1. The Kier molecular flexibility index (Phi) is 7.51. The highest BCUT2D eigenvalue weighted by molar-refractivity contribution is 9.10. The van der Waals surface area contributed by atoms with Crippen molar-refractivity contribution in [2.45, 2.75) is 25.5 Å². The van der Waals surface area contributed by atoms with Gasteiger partial charge in [-0.1, -0.05) is 35.0 Å². The molecule has 1 N–H and O–H groups in total. The number of ether oxygens (including phenoxy) is 2. The largest absolute Gasteiger partial charge is 0.382 e. The van der Waals surface area contributed by atoms with Crippen LogP contribution in [0.1, 0.15) is 24.9 Å². The molecular formula is C14H22BrNO2. The van der Waals surface area contributed by atoms with E-state index in [1.807, 2.05) is 0 Å². The lowest BCUT2D eigenvalue weighted by Crippen LogP contribution is -2.34. The third-order valence-corrected chi connectivity index (χ3v) is 3.49.